The van der Waals surface area contributed by atoms with Crippen LogP contribution in [0.5, 0.6) is 11.5 Å². The van der Waals surface area contributed by atoms with Gasteiger partial charge in [0, 0.05) is 5.56 Å². The van der Waals surface area contributed by atoms with Crippen LogP contribution in [0.3, 0.4) is 0 Å². The minimum atomic E-state index is -1.02. The van der Waals surface area contributed by atoms with Gasteiger partial charge in [0.2, 0.25) is 0 Å². The zero-order valence-corrected chi connectivity index (χ0v) is 9.82. The van der Waals surface area contributed by atoms with Crippen molar-refractivity contribution in [1.29, 1.82) is 5.26 Å². The van der Waals surface area contributed by atoms with Gasteiger partial charge in [-0.3, -0.25) is 4.79 Å². The number of nitriles is 1. The topological polar surface area (TPSA) is 59.3 Å². The van der Waals surface area contributed by atoms with Crippen LogP contribution in [0.4, 0.5) is 0 Å². The van der Waals surface area contributed by atoms with E-state index in [1.807, 2.05) is 6.07 Å². The highest BCUT2D eigenvalue weighted by molar-refractivity contribution is 6.02. The van der Waals surface area contributed by atoms with E-state index >= 15 is 0 Å². The lowest BCUT2D eigenvalue weighted by atomic mass is 9.86. The Morgan fingerprint density at radius 3 is 2.59 bits per heavy atom. The lowest BCUT2D eigenvalue weighted by molar-refractivity contribution is 0.0890. The fourth-order valence-electron chi connectivity index (χ4n) is 1.60. The average Bonchev–Trinajstić information content (AvgIpc) is 2.37. The van der Waals surface area contributed by atoms with Gasteiger partial charge in [-0.15, -0.1) is 0 Å². The van der Waals surface area contributed by atoms with E-state index in [4.69, 9.17) is 14.7 Å². The number of fused-ring (bicyclic) bond motifs is 1. The summed E-state index contributed by atoms with van der Waals surface area (Å²) in [6, 6.07) is 7.00. The zero-order chi connectivity index (χ0) is 12.5. The number of carbonyl (C=O) groups excluding carboxylic acids is 1. The lowest BCUT2D eigenvalue weighted by Crippen LogP contribution is -2.23. The molecule has 4 nitrogen and oxygen atoms in total. The second-order valence-corrected chi connectivity index (χ2v) is 4.42. The maximum absolute atomic E-state index is 12.1. The van der Waals surface area contributed by atoms with Crippen molar-refractivity contribution in [3.05, 3.63) is 23.8 Å². The molecule has 88 valence electrons. The molecular formula is C13H13NO3. The van der Waals surface area contributed by atoms with Gasteiger partial charge in [-0.1, -0.05) is 0 Å². The van der Waals surface area contributed by atoms with E-state index in [0.29, 0.717) is 30.3 Å². The van der Waals surface area contributed by atoms with E-state index in [1.54, 1.807) is 32.0 Å². The molecule has 0 atom stereocenters. The summed E-state index contributed by atoms with van der Waals surface area (Å²) in [7, 11) is 0. The third-order valence-electron chi connectivity index (χ3n) is 2.65. The first-order valence-corrected chi connectivity index (χ1v) is 5.40. The van der Waals surface area contributed by atoms with Crippen LogP contribution < -0.4 is 9.47 Å². The van der Waals surface area contributed by atoms with Crippen LogP contribution in [0.2, 0.25) is 0 Å². The molecule has 0 radical (unpaired) electrons. The van der Waals surface area contributed by atoms with Crippen LogP contribution in [0.25, 0.3) is 0 Å². The lowest BCUT2D eigenvalue weighted by Gasteiger charge is -2.20. The number of hydrogen-bond acceptors (Lipinski definition) is 4. The van der Waals surface area contributed by atoms with Gasteiger partial charge < -0.3 is 9.47 Å². The molecule has 0 fully saturated rings. The van der Waals surface area contributed by atoms with Gasteiger partial charge in [0.15, 0.2) is 17.3 Å². The fourth-order valence-corrected chi connectivity index (χ4v) is 1.60. The molecule has 17 heavy (non-hydrogen) atoms. The number of hydrogen-bond donors (Lipinski definition) is 0. The molecule has 0 bridgehead atoms. The van der Waals surface area contributed by atoms with Crippen molar-refractivity contribution in [2.45, 2.75) is 13.8 Å². The Labute approximate surface area is 99.8 Å². The normalized spacial score (nSPS) is 13.9. The highest BCUT2D eigenvalue weighted by atomic mass is 16.6. The molecule has 1 aliphatic rings. The first kappa shape index (κ1) is 11.5. The molecule has 0 unspecified atom stereocenters. The van der Waals surface area contributed by atoms with Crippen LogP contribution in [0.1, 0.15) is 24.2 Å². The Morgan fingerprint density at radius 1 is 1.29 bits per heavy atom. The quantitative estimate of drug-likeness (QED) is 0.732. The molecular weight excluding hydrogens is 218 g/mol. The zero-order valence-electron chi connectivity index (χ0n) is 9.82. The van der Waals surface area contributed by atoms with Crippen LogP contribution in [-0.2, 0) is 0 Å². The van der Waals surface area contributed by atoms with E-state index in [9.17, 15) is 4.79 Å². The monoisotopic (exact) mass is 231 g/mol. The summed E-state index contributed by atoms with van der Waals surface area (Å²) in [6.45, 7) is 4.20. The van der Waals surface area contributed by atoms with Gasteiger partial charge in [-0.05, 0) is 32.0 Å². The van der Waals surface area contributed by atoms with E-state index in [0.717, 1.165) is 0 Å². The average molecular weight is 231 g/mol. The van der Waals surface area contributed by atoms with E-state index in [-0.39, 0.29) is 5.78 Å². The highest BCUT2D eigenvalue weighted by Gasteiger charge is 2.29. The second kappa shape index (κ2) is 4.10. The van der Waals surface area contributed by atoms with Crippen molar-refractivity contribution in [2.75, 3.05) is 13.2 Å². The molecule has 0 amide bonds. The second-order valence-electron chi connectivity index (χ2n) is 4.42. The minimum absolute atomic E-state index is 0.211. The molecule has 0 spiro atoms. The van der Waals surface area contributed by atoms with Gasteiger partial charge in [0.05, 0.1) is 6.07 Å². The summed E-state index contributed by atoms with van der Waals surface area (Å²) in [6.07, 6.45) is 0. The SMILES string of the molecule is CC(C)(C#N)C(=O)c1ccc2c(c1)OCCO2. The summed E-state index contributed by atoms with van der Waals surface area (Å²) in [5.41, 5.74) is -0.551. The Kier molecular flexibility index (Phi) is 2.76. The number of benzene rings is 1. The van der Waals surface area contributed by atoms with Crippen molar-refractivity contribution in [2.24, 2.45) is 5.41 Å². The molecule has 1 aromatic rings. The number of carbonyl (C=O) groups is 1. The fraction of sp³-hybridized carbons (Fsp3) is 0.385. The molecule has 0 N–H and O–H groups in total. The van der Waals surface area contributed by atoms with E-state index < -0.39 is 5.41 Å². The smallest absolute Gasteiger partial charge is 0.182 e. The predicted octanol–water partition coefficient (Wildman–Crippen LogP) is 2.19. The number of ether oxygens (including phenoxy) is 2. The van der Waals surface area contributed by atoms with E-state index in [1.165, 1.54) is 0 Å². The predicted molar refractivity (Wildman–Crippen MR) is 61.2 cm³/mol. The number of ketones is 1. The molecule has 4 heteroatoms. The molecule has 0 saturated carbocycles. The molecule has 0 saturated heterocycles. The van der Waals surface area contributed by atoms with Crippen LogP contribution in [-0.4, -0.2) is 19.0 Å². The number of nitrogens with zero attached hydrogens (tertiary/aromatic N) is 1. The minimum Gasteiger partial charge on any atom is -0.486 e. The van der Waals surface area contributed by atoms with Gasteiger partial charge in [0.1, 0.15) is 18.6 Å². The van der Waals surface area contributed by atoms with Crippen molar-refractivity contribution >= 4 is 5.78 Å². The molecule has 2 rings (SSSR count). The molecule has 1 aliphatic heterocycles. The Bertz CT molecular complexity index is 500. The first-order chi connectivity index (χ1) is 8.04. The largest absolute Gasteiger partial charge is 0.486 e. The Balaban J connectivity index is 2.35. The Morgan fingerprint density at radius 2 is 1.94 bits per heavy atom. The summed E-state index contributed by atoms with van der Waals surface area (Å²) < 4.78 is 10.8. The van der Waals surface area contributed by atoms with E-state index in [2.05, 4.69) is 0 Å². The standard InChI is InChI=1S/C13H13NO3/c1-13(2,8-14)12(15)9-3-4-10-11(7-9)17-6-5-16-10/h3-4,7H,5-6H2,1-2H3. The molecule has 1 heterocycles. The maximum atomic E-state index is 12.1. The molecule has 0 aliphatic carbocycles. The number of rotatable bonds is 2. The summed E-state index contributed by atoms with van der Waals surface area (Å²) >= 11 is 0. The van der Waals surface area contributed by atoms with Gasteiger partial charge in [-0.25, -0.2) is 0 Å². The maximum Gasteiger partial charge on any atom is 0.182 e. The third-order valence-corrected chi connectivity index (χ3v) is 2.65. The van der Waals surface area contributed by atoms with Crippen LogP contribution in [0, 0.1) is 16.7 Å². The Hall–Kier alpha value is -2.02. The van der Waals surface area contributed by atoms with Gasteiger partial charge >= 0.3 is 0 Å². The van der Waals surface area contributed by atoms with Crippen molar-refractivity contribution < 1.29 is 14.3 Å². The van der Waals surface area contributed by atoms with Crippen LogP contribution in [0.15, 0.2) is 18.2 Å². The van der Waals surface area contributed by atoms with Gasteiger partial charge in [-0.2, -0.15) is 5.26 Å². The van der Waals surface area contributed by atoms with Crippen molar-refractivity contribution in [3.63, 3.8) is 0 Å². The van der Waals surface area contributed by atoms with Crippen LogP contribution >= 0.6 is 0 Å². The molecule has 0 aromatic heterocycles. The molecule has 1 aromatic carbocycles. The summed E-state index contributed by atoms with van der Waals surface area (Å²) in [4.78, 5) is 12.1. The first-order valence-electron chi connectivity index (χ1n) is 5.40. The van der Waals surface area contributed by atoms with Crippen molar-refractivity contribution in [1.82, 2.24) is 0 Å². The third kappa shape index (κ3) is 2.09. The van der Waals surface area contributed by atoms with Crippen molar-refractivity contribution in [3.8, 4) is 17.6 Å². The highest BCUT2D eigenvalue weighted by Crippen LogP contribution is 2.32. The van der Waals surface area contributed by atoms with Gasteiger partial charge in [0.25, 0.3) is 0 Å². The summed E-state index contributed by atoms with van der Waals surface area (Å²) in [5.74, 6) is 0.996. The summed E-state index contributed by atoms with van der Waals surface area (Å²) in [5, 5.41) is 8.94. The number of Topliss-reactive ketones (excluding diaryl/α,β-unsaturated/α-hetero) is 1.